The van der Waals surface area contributed by atoms with E-state index in [1.54, 1.807) is 0 Å². The summed E-state index contributed by atoms with van der Waals surface area (Å²) in [6.07, 6.45) is 3.52. The average Bonchev–Trinajstić information content (AvgIpc) is 3.20. The maximum Gasteiger partial charge on any atom is 0.236 e. The molecule has 0 fully saturated rings. The second-order valence-corrected chi connectivity index (χ2v) is 8.75. The summed E-state index contributed by atoms with van der Waals surface area (Å²) in [6.45, 7) is 4.96. The molecule has 7 nitrogen and oxygen atoms in total. The van der Waals surface area contributed by atoms with Crippen molar-refractivity contribution in [2.75, 3.05) is 18.5 Å². The van der Waals surface area contributed by atoms with Crippen molar-refractivity contribution in [2.45, 2.75) is 39.5 Å². The van der Waals surface area contributed by atoms with E-state index in [2.05, 4.69) is 28.5 Å². The predicted molar refractivity (Wildman–Crippen MR) is 135 cm³/mol. The van der Waals surface area contributed by atoms with Gasteiger partial charge in [0.2, 0.25) is 5.88 Å². The molecule has 8 heteroatoms. The minimum Gasteiger partial charge on any atom is -0.492 e. The highest BCUT2D eigenvalue weighted by Crippen LogP contribution is 2.35. The summed E-state index contributed by atoms with van der Waals surface area (Å²) < 4.78 is 9.87. The van der Waals surface area contributed by atoms with Gasteiger partial charge in [-0.1, -0.05) is 44.9 Å². The van der Waals surface area contributed by atoms with Crippen LogP contribution in [0, 0.1) is 5.41 Å². The summed E-state index contributed by atoms with van der Waals surface area (Å²) in [6, 6.07) is 17.1. The third-order valence-corrected chi connectivity index (χ3v) is 6.84. The Labute approximate surface area is 199 Å². The molecule has 0 bridgehead atoms. The Morgan fingerprint density at radius 2 is 1.73 bits per heavy atom. The lowest BCUT2D eigenvalue weighted by atomic mass is 9.76. The van der Waals surface area contributed by atoms with Gasteiger partial charge in [-0.2, -0.15) is 4.37 Å². The number of rotatable bonds is 12. The Kier molecular flexibility index (Phi) is 8.68. The van der Waals surface area contributed by atoms with Crippen molar-refractivity contribution >= 4 is 28.1 Å². The second-order valence-electron chi connectivity index (χ2n) is 7.97. The number of aliphatic hydroxyl groups excluding tert-OH is 1. The summed E-state index contributed by atoms with van der Waals surface area (Å²) in [7, 11) is 0. The molecular formula is C25H32N4O3S. The molecular weight excluding hydrogens is 436 g/mol. The first-order valence-electron chi connectivity index (χ1n) is 11.2. The molecule has 0 aliphatic rings. The molecule has 0 saturated carbocycles. The highest BCUT2D eigenvalue weighted by Gasteiger charge is 2.25. The number of benzene rings is 2. The van der Waals surface area contributed by atoms with Gasteiger partial charge < -0.3 is 26.0 Å². The Morgan fingerprint density at radius 3 is 2.36 bits per heavy atom. The second kappa shape index (κ2) is 11.7. The predicted octanol–water partition coefficient (Wildman–Crippen LogP) is 5.67. The van der Waals surface area contributed by atoms with Gasteiger partial charge in [0.25, 0.3) is 0 Å². The van der Waals surface area contributed by atoms with Crippen molar-refractivity contribution < 1.29 is 14.9 Å². The summed E-state index contributed by atoms with van der Waals surface area (Å²) in [5.74, 6) is 1.60. The number of hydrogen-bond donors (Lipinski definition) is 4. The first-order valence-corrected chi connectivity index (χ1v) is 12.0. The lowest BCUT2D eigenvalue weighted by molar-refractivity contribution is 0.159. The van der Waals surface area contributed by atoms with Crippen LogP contribution >= 0.6 is 11.5 Å². The number of aromatic hydroxyl groups is 1. The van der Waals surface area contributed by atoms with E-state index in [1.807, 2.05) is 54.6 Å². The Morgan fingerprint density at radius 1 is 1.06 bits per heavy atom. The van der Waals surface area contributed by atoms with Gasteiger partial charge in [0.15, 0.2) is 0 Å². The number of aliphatic hydroxyl groups is 1. The molecule has 5 N–H and O–H groups in total. The maximum atomic E-state index is 10.3. The van der Waals surface area contributed by atoms with E-state index in [9.17, 15) is 10.2 Å². The quantitative estimate of drug-likeness (QED) is 0.201. The number of hydrogen-bond acceptors (Lipinski definition) is 7. The van der Waals surface area contributed by atoms with Crippen molar-refractivity contribution in [3.63, 3.8) is 0 Å². The van der Waals surface area contributed by atoms with E-state index in [1.165, 1.54) is 0 Å². The van der Waals surface area contributed by atoms with Gasteiger partial charge in [-0.15, -0.1) is 0 Å². The molecule has 33 heavy (non-hydrogen) atoms. The fourth-order valence-electron chi connectivity index (χ4n) is 3.77. The molecule has 0 saturated heterocycles. The normalized spacial score (nSPS) is 12.0. The molecule has 3 aromatic rings. The number of aliphatic imine (C=N–C) groups is 1. The van der Waals surface area contributed by atoms with Crippen molar-refractivity contribution in [3.05, 3.63) is 60.2 Å². The number of anilines is 2. The Balaban J connectivity index is 1.68. The number of ether oxygens (including phenoxy) is 1. The van der Waals surface area contributed by atoms with Crippen molar-refractivity contribution in [3.8, 4) is 17.4 Å². The highest BCUT2D eigenvalue weighted by atomic mass is 32.1. The van der Waals surface area contributed by atoms with Gasteiger partial charge in [-0.05, 0) is 66.2 Å². The zero-order valence-corrected chi connectivity index (χ0v) is 19.9. The molecule has 3 rings (SSSR count). The van der Waals surface area contributed by atoms with Crippen LogP contribution in [0.5, 0.6) is 17.4 Å². The topological polar surface area (TPSA) is 113 Å². The largest absolute Gasteiger partial charge is 0.492 e. The number of nitrogens with one attached hydrogen (secondary N) is 1. The van der Waals surface area contributed by atoms with Crippen LogP contribution in [0.15, 0.2) is 59.6 Å². The van der Waals surface area contributed by atoms with Gasteiger partial charge in [0.1, 0.15) is 27.9 Å². The van der Waals surface area contributed by atoms with Crippen LogP contribution in [0.1, 0.15) is 45.1 Å². The molecule has 0 amide bonds. The van der Waals surface area contributed by atoms with Crippen LogP contribution in [0.3, 0.4) is 0 Å². The SMILES string of the molecule is CCC(CC)(CCO)CCN=C(N)c1c(O)nsc1Nc1ccc(Oc2ccccc2)cc1. The van der Waals surface area contributed by atoms with Crippen molar-refractivity contribution in [1.29, 1.82) is 0 Å². The molecule has 0 aliphatic carbocycles. The van der Waals surface area contributed by atoms with Crippen LogP contribution in [-0.4, -0.2) is 33.6 Å². The van der Waals surface area contributed by atoms with Gasteiger partial charge >= 0.3 is 0 Å². The summed E-state index contributed by atoms with van der Waals surface area (Å²) in [4.78, 5) is 4.51. The van der Waals surface area contributed by atoms with E-state index in [0.29, 0.717) is 17.1 Å². The summed E-state index contributed by atoms with van der Waals surface area (Å²) >= 11 is 1.13. The monoisotopic (exact) mass is 468 g/mol. The first kappa shape index (κ1) is 24.5. The van der Waals surface area contributed by atoms with Crippen LogP contribution in [0.4, 0.5) is 10.7 Å². The molecule has 176 valence electrons. The molecule has 0 radical (unpaired) electrons. The van der Waals surface area contributed by atoms with Crippen LogP contribution in [-0.2, 0) is 0 Å². The molecule has 1 heterocycles. The van der Waals surface area contributed by atoms with E-state index in [4.69, 9.17) is 10.5 Å². The molecule has 0 atom stereocenters. The molecule has 0 aliphatic heterocycles. The minimum absolute atomic E-state index is 0.0537. The van der Waals surface area contributed by atoms with Gasteiger partial charge in [-0.25, -0.2) is 0 Å². The van der Waals surface area contributed by atoms with E-state index < -0.39 is 0 Å². The van der Waals surface area contributed by atoms with Crippen molar-refractivity contribution in [2.24, 2.45) is 16.1 Å². The van der Waals surface area contributed by atoms with Gasteiger partial charge in [0, 0.05) is 18.8 Å². The lowest BCUT2D eigenvalue weighted by Gasteiger charge is -2.30. The third kappa shape index (κ3) is 6.46. The zero-order valence-electron chi connectivity index (χ0n) is 19.1. The number of amidine groups is 1. The number of aromatic nitrogens is 1. The van der Waals surface area contributed by atoms with E-state index in [0.717, 1.165) is 54.4 Å². The summed E-state index contributed by atoms with van der Waals surface area (Å²) in [5.41, 5.74) is 7.51. The zero-order chi connectivity index (χ0) is 23.7. The van der Waals surface area contributed by atoms with E-state index in [-0.39, 0.29) is 23.7 Å². The van der Waals surface area contributed by atoms with Crippen LogP contribution < -0.4 is 15.8 Å². The summed E-state index contributed by atoms with van der Waals surface area (Å²) in [5, 5.41) is 23.6. The van der Waals surface area contributed by atoms with Gasteiger partial charge in [0.05, 0.1) is 0 Å². The highest BCUT2D eigenvalue weighted by molar-refractivity contribution is 7.11. The Hall–Kier alpha value is -3.10. The maximum absolute atomic E-state index is 10.3. The van der Waals surface area contributed by atoms with Gasteiger partial charge in [-0.3, -0.25) is 4.99 Å². The molecule has 0 spiro atoms. The Bertz CT molecular complexity index is 1030. The van der Waals surface area contributed by atoms with Crippen LogP contribution in [0.25, 0.3) is 0 Å². The number of para-hydroxylation sites is 1. The average molecular weight is 469 g/mol. The number of nitrogens with zero attached hydrogens (tertiary/aromatic N) is 2. The number of nitrogens with two attached hydrogens (primary N) is 1. The fraction of sp³-hybridized carbons (Fsp3) is 0.360. The third-order valence-electron chi connectivity index (χ3n) is 6.09. The smallest absolute Gasteiger partial charge is 0.236 e. The fourth-order valence-corrected chi connectivity index (χ4v) is 4.49. The standard InChI is InChI=1S/C25H32N4O3S/c1-3-25(4-2,15-17-30)14-16-27-22(26)21-23(31)29-33-24(21)28-18-10-12-20(13-11-18)32-19-8-6-5-7-9-19/h5-13,28,30H,3-4,14-17H2,1-2H3,(H2,26,27)(H,29,31). The molecule has 0 unspecified atom stereocenters. The molecule has 2 aromatic carbocycles. The first-order chi connectivity index (χ1) is 16.0. The minimum atomic E-state index is -0.139. The van der Waals surface area contributed by atoms with Crippen molar-refractivity contribution in [1.82, 2.24) is 4.37 Å². The lowest BCUT2D eigenvalue weighted by Crippen LogP contribution is -2.23. The molecule has 1 aromatic heterocycles. The van der Waals surface area contributed by atoms with Crippen LogP contribution in [0.2, 0.25) is 0 Å². The van der Waals surface area contributed by atoms with E-state index >= 15 is 0 Å².